The van der Waals surface area contributed by atoms with Crippen molar-refractivity contribution >= 4 is 16.6 Å². The van der Waals surface area contributed by atoms with Crippen LogP contribution >= 0.6 is 0 Å². The number of ether oxygens (including phenoxy) is 1. The van der Waals surface area contributed by atoms with Crippen LogP contribution in [0.2, 0.25) is 0 Å². The normalized spacial score (nSPS) is 21.0. The largest absolute Gasteiger partial charge is 0.483 e. The summed E-state index contributed by atoms with van der Waals surface area (Å²) in [7, 11) is 0. The van der Waals surface area contributed by atoms with Gasteiger partial charge in [0, 0.05) is 12.1 Å². The number of benzene rings is 1. The highest BCUT2D eigenvalue weighted by molar-refractivity contribution is 5.82. The molecule has 1 aliphatic carbocycles. The first-order valence-electron chi connectivity index (χ1n) is 6.61. The fraction of sp³-hybridized carbons (Fsp3) is 0.385. The van der Waals surface area contributed by atoms with E-state index in [1.54, 1.807) is 0 Å². The lowest BCUT2D eigenvalue weighted by Gasteiger charge is -2.34. The van der Waals surface area contributed by atoms with Crippen LogP contribution in [0.5, 0.6) is 5.75 Å². The van der Waals surface area contributed by atoms with Gasteiger partial charge in [-0.25, -0.2) is 4.98 Å². The van der Waals surface area contributed by atoms with E-state index in [4.69, 9.17) is 10.5 Å². The third kappa shape index (κ3) is 2.45. The number of rotatable bonds is 4. The number of hydrogen-bond donors (Lipinski definition) is 2. The van der Waals surface area contributed by atoms with Gasteiger partial charge in [0.05, 0.1) is 28.3 Å². The van der Waals surface area contributed by atoms with Crippen LogP contribution in [0.15, 0.2) is 23.3 Å². The number of fused-ring (bicyclic) bond motifs is 1. The van der Waals surface area contributed by atoms with Gasteiger partial charge in [-0.05, 0) is 25.3 Å². The second-order valence-electron chi connectivity index (χ2n) is 5.14. The molecule has 0 saturated heterocycles. The van der Waals surface area contributed by atoms with Crippen LogP contribution in [0.3, 0.4) is 0 Å². The van der Waals surface area contributed by atoms with E-state index in [0.29, 0.717) is 18.0 Å². The third-order valence-corrected chi connectivity index (χ3v) is 3.74. The van der Waals surface area contributed by atoms with Gasteiger partial charge in [0.25, 0.3) is 5.56 Å². The molecule has 21 heavy (non-hydrogen) atoms. The Kier molecular flexibility index (Phi) is 3.30. The number of aromatic amines is 1. The van der Waals surface area contributed by atoms with Gasteiger partial charge in [0.1, 0.15) is 0 Å². The van der Waals surface area contributed by atoms with Crippen LogP contribution in [0, 0.1) is 16.0 Å². The van der Waals surface area contributed by atoms with Crippen LogP contribution in [0.25, 0.3) is 10.9 Å². The molecule has 0 spiro atoms. The molecule has 8 nitrogen and oxygen atoms in total. The monoisotopic (exact) mass is 290 g/mol. The zero-order chi connectivity index (χ0) is 15.0. The van der Waals surface area contributed by atoms with Crippen LogP contribution in [-0.2, 0) is 0 Å². The second kappa shape index (κ2) is 5.13. The summed E-state index contributed by atoms with van der Waals surface area (Å²) >= 11 is 0. The minimum atomic E-state index is -0.555. The molecule has 0 unspecified atom stereocenters. The van der Waals surface area contributed by atoms with Crippen molar-refractivity contribution in [2.24, 2.45) is 11.7 Å². The molecule has 1 aromatic carbocycles. The average Bonchev–Trinajstić information content (AvgIpc) is 2.41. The summed E-state index contributed by atoms with van der Waals surface area (Å²) in [5.41, 5.74) is 5.28. The molecule has 1 saturated carbocycles. The van der Waals surface area contributed by atoms with Gasteiger partial charge in [-0.1, -0.05) is 0 Å². The van der Waals surface area contributed by atoms with E-state index >= 15 is 0 Å². The topological polar surface area (TPSA) is 124 Å². The molecule has 8 heteroatoms. The van der Waals surface area contributed by atoms with Crippen molar-refractivity contribution in [2.45, 2.75) is 18.9 Å². The molecule has 0 bridgehead atoms. The highest BCUT2D eigenvalue weighted by Gasteiger charge is 2.31. The molecular formula is C13H14N4O4. The molecular weight excluding hydrogens is 276 g/mol. The number of nitrogens with two attached hydrogens (primary N) is 1. The first-order valence-corrected chi connectivity index (χ1v) is 6.61. The number of hydrogen-bond acceptors (Lipinski definition) is 6. The van der Waals surface area contributed by atoms with Gasteiger partial charge in [0.2, 0.25) is 0 Å². The van der Waals surface area contributed by atoms with Crippen LogP contribution in [0.1, 0.15) is 12.8 Å². The van der Waals surface area contributed by atoms with E-state index in [1.807, 2.05) is 0 Å². The Morgan fingerprint density at radius 1 is 1.48 bits per heavy atom. The van der Waals surface area contributed by atoms with Gasteiger partial charge in [-0.15, -0.1) is 0 Å². The van der Waals surface area contributed by atoms with Gasteiger partial charge < -0.3 is 15.5 Å². The second-order valence-corrected chi connectivity index (χ2v) is 5.14. The number of aromatic nitrogens is 2. The zero-order valence-corrected chi connectivity index (χ0v) is 11.1. The van der Waals surface area contributed by atoms with E-state index in [9.17, 15) is 14.9 Å². The zero-order valence-electron chi connectivity index (χ0n) is 11.1. The Morgan fingerprint density at radius 3 is 2.90 bits per heavy atom. The highest BCUT2D eigenvalue weighted by Crippen LogP contribution is 2.36. The number of nitrogens with zero attached hydrogens (tertiary/aromatic N) is 2. The third-order valence-electron chi connectivity index (χ3n) is 3.74. The summed E-state index contributed by atoms with van der Waals surface area (Å²) in [6.07, 6.45) is 2.76. The molecule has 1 aromatic heterocycles. The standard InChI is InChI=1S/C13H14N4O4/c14-5-7-1-8(2-7)21-12-4-10-9(3-11(12)17(19)20)13(18)16-6-15-10/h3-4,6-8H,1-2,5,14H2,(H,15,16,18). The molecule has 0 radical (unpaired) electrons. The SMILES string of the molecule is NCC1CC(Oc2cc3nc[nH]c(=O)c3cc2[N+](=O)[O-])C1. The van der Waals surface area contributed by atoms with Crippen molar-refractivity contribution < 1.29 is 9.66 Å². The smallest absolute Gasteiger partial charge is 0.311 e. The summed E-state index contributed by atoms with van der Waals surface area (Å²) in [6.45, 7) is 0.594. The first kappa shape index (κ1) is 13.5. The lowest BCUT2D eigenvalue weighted by molar-refractivity contribution is -0.386. The van der Waals surface area contributed by atoms with Gasteiger partial charge in [-0.3, -0.25) is 14.9 Å². The first-order chi connectivity index (χ1) is 10.1. The molecule has 1 heterocycles. The van der Waals surface area contributed by atoms with Crippen LogP contribution < -0.4 is 16.0 Å². The van der Waals surface area contributed by atoms with Crippen molar-refractivity contribution in [1.29, 1.82) is 0 Å². The number of H-pyrrole nitrogens is 1. The Bertz CT molecular complexity index is 751. The molecule has 0 atom stereocenters. The van der Waals surface area contributed by atoms with Crippen LogP contribution in [-0.4, -0.2) is 27.5 Å². The number of nitrogens with one attached hydrogen (secondary N) is 1. The Labute approximate surface area is 119 Å². The van der Waals surface area contributed by atoms with E-state index in [2.05, 4.69) is 9.97 Å². The molecule has 110 valence electrons. The maximum atomic E-state index is 11.7. The van der Waals surface area contributed by atoms with Crippen molar-refractivity contribution in [2.75, 3.05) is 6.54 Å². The molecule has 1 fully saturated rings. The van der Waals surface area contributed by atoms with E-state index in [1.165, 1.54) is 18.5 Å². The predicted octanol–water partition coefficient (Wildman–Crippen LogP) is 0.947. The summed E-state index contributed by atoms with van der Waals surface area (Å²) < 4.78 is 5.67. The van der Waals surface area contributed by atoms with Crippen molar-refractivity contribution in [3.05, 3.63) is 38.9 Å². The maximum Gasteiger partial charge on any atom is 0.311 e. The lowest BCUT2D eigenvalue weighted by atomic mass is 9.82. The van der Waals surface area contributed by atoms with Crippen molar-refractivity contribution in [1.82, 2.24) is 9.97 Å². The average molecular weight is 290 g/mol. The van der Waals surface area contributed by atoms with E-state index in [0.717, 1.165) is 12.8 Å². The summed E-state index contributed by atoms with van der Waals surface area (Å²) in [5.74, 6) is 0.557. The minimum absolute atomic E-state index is 0.0725. The molecule has 1 aliphatic rings. The fourth-order valence-corrected chi connectivity index (χ4v) is 2.46. The van der Waals surface area contributed by atoms with Gasteiger partial charge in [0.15, 0.2) is 5.75 Å². The summed E-state index contributed by atoms with van der Waals surface area (Å²) in [6, 6.07) is 2.65. The minimum Gasteiger partial charge on any atom is -0.483 e. The fourth-order valence-electron chi connectivity index (χ4n) is 2.46. The molecule has 0 amide bonds. The van der Waals surface area contributed by atoms with Gasteiger partial charge >= 0.3 is 5.69 Å². The van der Waals surface area contributed by atoms with Gasteiger partial charge in [-0.2, -0.15) is 0 Å². The Morgan fingerprint density at radius 2 is 2.24 bits per heavy atom. The van der Waals surface area contributed by atoms with Crippen molar-refractivity contribution in [3.8, 4) is 5.75 Å². The molecule has 3 N–H and O–H groups in total. The Balaban J connectivity index is 1.98. The summed E-state index contributed by atoms with van der Waals surface area (Å²) in [4.78, 5) is 28.7. The number of nitro groups is 1. The summed E-state index contributed by atoms with van der Waals surface area (Å²) in [5, 5.41) is 11.3. The lowest BCUT2D eigenvalue weighted by Crippen LogP contribution is -2.37. The van der Waals surface area contributed by atoms with E-state index < -0.39 is 10.5 Å². The number of nitro benzene ring substituents is 1. The Hall–Kier alpha value is -2.48. The maximum absolute atomic E-state index is 11.7. The van der Waals surface area contributed by atoms with Crippen LogP contribution in [0.4, 0.5) is 5.69 Å². The quantitative estimate of drug-likeness (QED) is 0.638. The molecule has 3 rings (SSSR count). The van der Waals surface area contributed by atoms with Crippen molar-refractivity contribution in [3.63, 3.8) is 0 Å². The highest BCUT2D eigenvalue weighted by atomic mass is 16.6. The predicted molar refractivity (Wildman–Crippen MR) is 75.2 cm³/mol. The molecule has 0 aliphatic heterocycles. The van der Waals surface area contributed by atoms with E-state index in [-0.39, 0.29) is 22.9 Å². The molecule has 2 aromatic rings.